The molecule has 0 saturated heterocycles. The molecule has 3 rings (SSSR count). The summed E-state index contributed by atoms with van der Waals surface area (Å²) in [7, 11) is 0. The third-order valence-corrected chi connectivity index (χ3v) is 3.61. The van der Waals surface area contributed by atoms with Crippen molar-refractivity contribution in [1.29, 1.82) is 0 Å². The molecule has 1 aromatic carbocycles. The van der Waals surface area contributed by atoms with E-state index < -0.39 is 11.7 Å². The second-order valence-corrected chi connectivity index (χ2v) is 5.57. The van der Waals surface area contributed by atoms with Gasteiger partial charge in [-0.2, -0.15) is 4.98 Å². The Hall–Kier alpha value is -2.42. The lowest BCUT2D eigenvalue weighted by molar-refractivity contribution is 0.0946. The second-order valence-electron chi connectivity index (χ2n) is 4.65. The van der Waals surface area contributed by atoms with Crippen molar-refractivity contribution in [1.82, 2.24) is 25.5 Å². The quantitative estimate of drug-likeness (QED) is 0.563. The number of hydrogen-bond donors (Lipinski definition) is 4. The Labute approximate surface area is 132 Å². The van der Waals surface area contributed by atoms with Crippen LogP contribution in [0.5, 0.6) is 0 Å². The Morgan fingerprint density at radius 1 is 1.45 bits per heavy atom. The van der Waals surface area contributed by atoms with Gasteiger partial charge in [0.15, 0.2) is 5.82 Å². The van der Waals surface area contributed by atoms with E-state index >= 15 is 0 Å². The summed E-state index contributed by atoms with van der Waals surface area (Å²) in [5, 5.41) is 9.30. The molecule has 0 fully saturated rings. The summed E-state index contributed by atoms with van der Waals surface area (Å²) >= 11 is 3.28. The van der Waals surface area contributed by atoms with E-state index in [-0.39, 0.29) is 18.2 Å². The zero-order valence-electron chi connectivity index (χ0n) is 11.3. The van der Waals surface area contributed by atoms with Gasteiger partial charge in [-0.15, -0.1) is 5.10 Å². The highest BCUT2D eigenvalue weighted by Gasteiger charge is 2.17. The molecule has 5 N–H and O–H groups in total. The third-order valence-electron chi connectivity index (χ3n) is 3.12. The summed E-state index contributed by atoms with van der Waals surface area (Å²) in [5.41, 5.74) is 5.85. The van der Waals surface area contributed by atoms with E-state index in [2.05, 4.69) is 41.4 Å². The lowest BCUT2D eigenvalue weighted by Gasteiger charge is -2.02. The first-order valence-corrected chi connectivity index (χ1v) is 7.25. The van der Waals surface area contributed by atoms with Crippen LogP contribution in [-0.2, 0) is 6.42 Å². The molecule has 1 amide bonds. The highest BCUT2D eigenvalue weighted by atomic mass is 79.9. The molecule has 7 nitrogen and oxygen atoms in total. The number of aromatic amines is 2. The fourth-order valence-electron chi connectivity index (χ4n) is 2.09. The molecule has 114 valence electrons. The van der Waals surface area contributed by atoms with Crippen LogP contribution in [0.1, 0.15) is 16.3 Å². The first-order valence-electron chi connectivity index (χ1n) is 6.46. The number of nitrogens with zero attached hydrogens (tertiary/aromatic N) is 2. The van der Waals surface area contributed by atoms with Gasteiger partial charge in [0.2, 0.25) is 5.95 Å². The van der Waals surface area contributed by atoms with E-state index in [1.54, 1.807) is 18.2 Å². The molecule has 0 bridgehead atoms. The van der Waals surface area contributed by atoms with Crippen LogP contribution in [-0.4, -0.2) is 32.6 Å². The molecular formula is C13H12BrFN6O. The van der Waals surface area contributed by atoms with Gasteiger partial charge in [-0.1, -0.05) is 15.9 Å². The van der Waals surface area contributed by atoms with E-state index in [4.69, 9.17) is 5.73 Å². The molecular weight excluding hydrogens is 355 g/mol. The van der Waals surface area contributed by atoms with Crippen LogP contribution in [0.15, 0.2) is 22.7 Å². The third kappa shape index (κ3) is 2.80. The van der Waals surface area contributed by atoms with Crippen LogP contribution in [0.25, 0.3) is 10.9 Å². The minimum Gasteiger partial charge on any atom is -0.367 e. The predicted molar refractivity (Wildman–Crippen MR) is 82.8 cm³/mol. The van der Waals surface area contributed by atoms with E-state index in [1.165, 1.54) is 0 Å². The lowest BCUT2D eigenvalue weighted by atomic mass is 10.2. The van der Waals surface area contributed by atoms with Crippen molar-refractivity contribution in [3.63, 3.8) is 0 Å². The highest BCUT2D eigenvalue weighted by molar-refractivity contribution is 9.10. The molecule has 0 unspecified atom stereocenters. The van der Waals surface area contributed by atoms with Crippen LogP contribution < -0.4 is 11.1 Å². The van der Waals surface area contributed by atoms with Crippen molar-refractivity contribution in [3.8, 4) is 0 Å². The van der Waals surface area contributed by atoms with Crippen molar-refractivity contribution in [2.24, 2.45) is 0 Å². The standard InChI is InChI=1S/C13H12BrFN6O/c14-6-1-2-8-7(5-6)10(15)11(18-8)12(22)17-4-3-9-19-13(16)21-20-9/h1-2,5,18H,3-4H2,(H,17,22)(H3,16,19,20,21). The van der Waals surface area contributed by atoms with Gasteiger partial charge < -0.3 is 16.0 Å². The smallest absolute Gasteiger partial charge is 0.270 e. The number of nitrogens with two attached hydrogens (primary N) is 1. The number of benzene rings is 1. The maximum Gasteiger partial charge on any atom is 0.270 e. The summed E-state index contributed by atoms with van der Waals surface area (Å²) < 4.78 is 15.0. The number of rotatable bonds is 4. The fraction of sp³-hybridized carbons (Fsp3) is 0.154. The van der Waals surface area contributed by atoms with Crippen molar-refractivity contribution in [2.75, 3.05) is 12.3 Å². The summed E-state index contributed by atoms with van der Waals surface area (Å²) in [5.74, 6) is -0.387. The number of halogens is 2. The van der Waals surface area contributed by atoms with Crippen LogP contribution in [0.4, 0.5) is 10.3 Å². The summed E-state index contributed by atoms with van der Waals surface area (Å²) in [6.07, 6.45) is 0.420. The van der Waals surface area contributed by atoms with E-state index in [0.29, 0.717) is 23.1 Å². The molecule has 22 heavy (non-hydrogen) atoms. The topological polar surface area (TPSA) is 112 Å². The number of H-pyrrole nitrogens is 2. The van der Waals surface area contributed by atoms with Gasteiger partial charge in [0.05, 0.1) is 0 Å². The second kappa shape index (κ2) is 5.76. The van der Waals surface area contributed by atoms with Crippen molar-refractivity contribution < 1.29 is 9.18 Å². The van der Waals surface area contributed by atoms with Gasteiger partial charge >= 0.3 is 0 Å². The number of carbonyl (C=O) groups excluding carboxylic acids is 1. The number of fused-ring (bicyclic) bond motifs is 1. The Bertz CT molecular complexity index is 842. The minimum atomic E-state index is -0.572. The molecule has 0 spiro atoms. The van der Waals surface area contributed by atoms with Gasteiger partial charge in [0.25, 0.3) is 5.91 Å². The van der Waals surface area contributed by atoms with Crippen molar-refractivity contribution in [2.45, 2.75) is 6.42 Å². The van der Waals surface area contributed by atoms with Crippen molar-refractivity contribution in [3.05, 3.63) is 40.0 Å². The number of carbonyl (C=O) groups is 1. The lowest BCUT2D eigenvalue weighted by Crippen LogP contribution is -2.27. The van der Waals surface area contributed by atoms with Crippen LogP contribution in [0, 0.1) is 5.82 Å². The molecule has 0 aliphatic heterocycles. The highest BCUT2D eigenvalue weighted by Crippen LogP contribution is 2.24. The fourth-order valence-corrected chi connectivity index (χ4v) is 2.45. The average molecular weight is 367 g/mol. The van der Waals surface area contributed by atoms with Gasteiger partial charge in [-0.05, 0) is 18.2 Å². The zero-order valence-corrected chi connectivity index (χ0v) is 12.9. The normalized spacial score (nSPS) is 11.0. The number of anilines is 1. The van der Waals surface area contributed by atoms with E-state index in [9.17, 15) is 9.18 Å². The average Bonchev–Trinajstić information content (AvgIpc) is 3.03. The molecule has 9 heteroatoms. The monoisotopic (exact) mass is 366 g/mol. The molecule has 0 atom stereocenters. The minimum absolute atomic E-state index is 0.0924. The Morgan fingerprint density at radius 3 is 3.00 bits per heavy atom. The van der Waals surface area contributed by atoms with Gasteiger partial charge in [-0.25, -0.2) is 4.39 Å². The van der Waals surface area contributed by atoms with Gasteiger partial charge in [0.1, 0.15) is 11.5 Å². The molecule has 2 aromatic heterocycles. The summed E-state index contributed by atoms with van der Waals surface area (Å²) in [4.78, 5) is 18.7. The summed E-state index contributed by atoms with van der Waals surface area (Å²) in [6, 6.07) is 5.10. The summed E-state index contributed by atoms with van der Waals surface area (Å²) in [6.45, 7) is 0.284. The van der Waals surface area contributed by atoms with Crippen molar-refractivity contribution >= 4 is 38.7 Å². The molecule has 0 aliphatic rings. The first kappa shape index (κ1) is 14.5. The molecule has 0 aliphatic carbocycles. The molecule has 0 radical (unpaired) electrons. The number of amides is 1. The van der Waals surface area contributed by atoms with Gasteiger partial charge in [0, 0.05) is 28.3 Å². The Kier molecular flexibility index (Phi) is 3.80. The molecule has 2 heterocycles. The number of nitrogens with one attached hydrogen (secondary N) is 3. The zero-order chi connectivity index (χ0) is 15.7. The number of nitrogen functional groups attached to an aromatic ring is 1. The largest absolute Gasteiger partial charge is 0.367 e. The van der Waals surface area contributed by atoms with Crippen LogP contribution in [0.2, 0.25) is 0 Å². The van der Waals surface area contributed by atoms with E-state index in [1.807, 2.05) is 0 Å². The number of hydrogen-bond acceptors (Lipinski definition) is 4. The van der Waals surface area contributed by atoms with Crippen LogP contribution in [0.3, 0.4) is 0 Å². The van der Waals surface area contributed by atoms with Gasteiger partial charge in [-0.3, -0.25) is 9.89 Å². The molecule has 3 aromatic rings. The van der Waals surface area contributed by atoms with E-state index in [0.717, 1.165) is 4.47 Å². The Balaban J connectivity index is 1.71. The molecule has 0 saturated carbocycles. The maximum absolute atomic E-state index is 14.3. The predicted octanol–water partition coefficient (Wildman–Crippen LogP) is 1.74. The maximum atomic E-state index is 14.3. The van der Waals surface area contributed by atoms with Crippen LogP contribution >= 0.6 is 15.9 Å². The first-order chi connectivity index (χ1) is 10.5. The Morgan fingerprint density at radius 2 is 2.27 bits per heavy atom. The SMILES string of the molecule is Nc1n[nH]c(CCNC(=O)c2[nH]c3ccc(Br)cc3c2F)n1. The number of aromatic nitrogens is 4.